The van der Waals surface area contributed by atoms with Gasteiger partial charge in [0.05, 0.1) is 0 Å². The minimum atomic E-state index is -3.27. The number of hydrogen-bond acceptors (Lipinski definition) is 2. The Kier molecular flexibility index (Phi) is 6.40. The first-order chi connectivity index (χ1) is 7.95. The van der Waals surface area contributed by atoms with E-state index in [9.17, 15) is 8.42 Å². The molecule has 0 aromatic rings. The molecule has 6 heteroatoms. The number of halogens is 1. The van der Waals surface area contributed by atoms with Crippen LogP contribution in [-0.4, -0.2) is 37.2 Å². The summed E-state index contributed by atoms with van der Waals surface area (Å²) in [5, 5.41) is 0. The van der Waals surface area contributed by atoms with Crippen LogP contribution in [0.2, 0.25) is 0 Å². The molecule has 1 unspecified atom stereocenters. The van der Waals surface area contributed by atoms with Gasteiger partial charge in [0.15, 0.2) is 0 Å². The van der Waals surface area contributed by atoms with Crippen molar-refractivity contribution in [2.45, 2.75) is 44.4 Å². The van der Waals surface area contributed by atoms with Crippen molar-refractivity contribution in [3.63, 3.8) is 0 Å². The van der Waals surface area contributed by atoms with Gasteiger partial charge in [0.1, 0.15) is 0 Å². The lowest BCUT2D eigenvalue weighted by molar-refractivity contribution is 0.285. The Hall–Kier alpha value is 0.350. The molecule has 0 aliphatic carbocycles. The molecule has 1 atom stereocenters. The van der Waals surface area contributed by atoms with Gasteiger partial charge in [0.25, 0.3) is 10.2 Å². The van der Waals surface area contributed by atoms with E-state index >= 15 is 0 Å². The molecule has 0 radical (unpaired) electrons. The summed E-state index contributed by atoms with van der Waals surface area (Å²) < 4.78 is 28.2. The second kappa shape index (κ2) is 7.07. The summed E-state index contributed by atoms with van der Waals surface area (Å²) in [5.41, 5.74) is 0. The van der Waals surface area contributed by atoms with E-state index in [2.05, 4.69) is 34.5 Å². The van der Waals surface area contributed by atoms with E-state index in [4.69, 9.17) is 0 Å². The number of rotatable bonds is 6. The van der Waals surface area contributed by atoms with Gasteiger partial charge in [-0.05, 0) is 25.2 Å². The molecule has 0 spiro atoms. The predicted octanol–water partition coefficient (Wildman–Crippen LogP) is 2.12. The van der Waals surface area contributed by atoms with E-state index in [1.165, 1.54) is 0 Å². The van der Waals surface area contributed by atoms with Gasteiger partial charge >= 0.3 is 0 Å². The van der Waals surface area contributed by atoms with Gasteiger partial charge in [0.2, 0.25) is 0 Å². The third-order valence-corrected chi connectivity index (χ3v) is 5.53. The highest BCUT2D eigenvalue weighted by Gasteiger charge is 2.26. The molecule has 1 aliphatic rings. The Morgan fingerprint density at radius 1 is 1.41 bits per heavy atom. The lowest BCUT2D eigenvalue weighted by Gasteiger charge is -2.29. The van der Waals surface area contributed by atoms with Crippen molar-refractivity contribution in [3.8, 4) is 0 Å². The Balaban J connectivity index is 2.40. The van der Waals surface area contributed by atoms with E-state index in [1.54, 1.807) is 4.31 Å². The van der Waals surface area contributed by atoms with E-state index in [0.29, 0.717) is 25.6 Å². The maximum absolute atomic E-state index is 12.0. The van der Waals surface area contributed by atoms with Crippen LogP contribution < -0.4 is 4.72 Å². The average Bonchev–Trinajstić information content (AvgIpc) is 2.28. The molecular weight excluding hydrogens is 304 g/mol. The highest BCUT2D eigenvalue weighted by molar-refractivity contribution is 9.09. The highest BCUT2D eigenvalue weighted by Crippen LogP contribution is 2.18. The first-order valence-electron chi connectivity index (χ1n) is 6.34. The number of hydrogen-bond donors (Lipinski definition) is 1. The van der Waals surface area contributed by atoms with E-state index in [-0.39, 0.29) is 4.83 Å². The molecule has 1 N–H and O–H groups in total. The average molecular weight is 327 g/mol. The SMILES string of the molecule is CCCC(Br)CNS(=O)(=O)N1CCC(C)CC1. The van der Waals surface area contributed by atoms with E-state index in [0.717, 1.165) is 25.7 Å². The molecule has 17 heavy (non-hydrogen) atoms. The molecule has 0 aromatic heterocycles. The van der Waals surface area contributed by atoms with Gasteiger partial charge in [0, 0.05) is 24.5 Å². The molecule has 1 fully saturated rings. The quantitative estimate of drug-likeness (QED) is 0.760. The number of nitrogens with one attached hydrogen (secondary N) is 1. The Morgan fingerprint density at radius 3 is 2.53 bits per heavy atom. The largest absolute Gasteiger partial charge is 0.279 e. The third kappa shape index (κ3) is 5.24. The van der Waals surface area contributed by atoms with Gasteiger partial charge in [-0.2, -0.15) is 12.7 Å². The summed E-state index contributed by atoms with van der Waals surface area (Å²) in [6, 6.07) is 0. The molecule has 1 heterocycles. The van der Waals surface area contributed by atoms with E-state index in [1.807, 2.05) is 0 Å². The fraction of sp³-hybridized carbons (Fsp3) is 1.00. The van der Waals surface area contributed by atoms with Gasteiger partial charge in [-0.3, -0.25) is 0 Å². The fourth-order valence-corrected chi connectivity index (χ4v) is 4.05. The first-order valence-corrected chi connectivity index (χ1v) is 8.70. The van der Waals surface area contributed by atoms with Gasteiger partial charge in [-0.25, -0.2) is 4.72 Å². The van der Waals surface area contributed by atoms with Crippen LogP contribution >= 0.6 is 15.9 Å². The Bertz CT molecular complexity index is 313. The second-order valence-corrected chi connectivity index (χ2v) is 7.87. The highest BCUT2D eigenvalue weighted by atomic mass is 79.9. The molecule has 1 aliphatic heterocycles. The second-order valence-electron chi connectivity index (χ2n) is 4.82. The maximum atomic E-state index is 12.0. The van der Waals surface area contributed by atoms with Gasteiger partial charge in [-0.1, -0.05) is 36.2 Å². The molecule has 0 bridgehead atoms. The molecule has 1 rings (SSSR count). The summed E-state index contributed by atoms with van der Waals surface area (Å²) in [6.07, 6.45) is 3.97. The predicted molar refractivity (Wildman–Crippen MR) is 74.5 cm³/mol. The zero-order valence-corrected chi connectivity index (χ0v) is 13.1. The lowest BCUT2D eigenvalue weighted by Crippen LogP contribution is -2.46. The molecule has 0 saturated carbocycles. The smallest absolute Gasteiger partial charge is 0.201 e. The fourth-order valence-electron chi connectivity index (χ4n) is 1.93. The van der Waals surface area contributed by atoms with Crippen molar-refractivity contribution in [2.24, 2.45) is 5.92 Å². The van der Waals surface area contributed by atoms with Crippen molar-refractivity contribution >= 4 is 26.1 Å². The molecule has 0 aromatic carbocycles. The number of piperidine rings is 1. The summed E-state index contributed by atoms with van der Waals surface area (Å²) in [5.74, 6) is 0.644. The molecule has 102 valence electrons. The molecule has 1 saturated heterocycles. The molecule has 0 amide bonds. The third-order valence-electron chi connectivity index (χ3n) is 3.17. The summed E-state index contributed by atoms with van der Waals surface area (Å²) in [7, 11) is -3.27. The maximum Gasteiger partial charge on any atom is 0.279 e. The molecular formula is C11H23BrN2O2S. The van der Waals surface area contributed by atoms with Crippen molar-refractivity contribution in [1.82, 2.24) is 9.03 Å². The van der Waals surface area contributed by atoms with Crippen LogP contribution in [0.25, 0.3) is 0 Å². The number of alkyl halides is 1. The zero-order chi connectivity index (χ0) is 12.9. The zero-order valence-electron chi connectivity index (χ0n) is 10.7. The van der Waals surface area contributed by atoms with Crippen LogP contribution in [0, 0.1) is 5.92 Å². The van der Waals surface area contributed by atoms with Crippen molar-refractivity contribution < 1.29 is 8.42 Å². The standard InChI is InChI=1S/C11H23BrN2O2S/c1-3-4-11(12)9-13-17(15,16)14-7-5-10(2)6-8-14/h10-11,13H,3-9H2,1-2H3. The Morgan fingerprint density at radius 2 is 2.00 bits per heavy atom. The van der Waals surface area contributed by atoms with Crippen LogP contribution in [0.15, 0.2) is 0 Å². The topological polar surface area (TPSA) is 49.4 Å². The van der Waals surface area contributed by atoms with E-state index < -0.39 is 10.2 Å². The van der Waals surface area contributed by atoms with Crippen LogP contribution in [0.4, 0.5) is 0 Å². The lowest BCUT2D eigenvalue weighted by atomic mass is 10.0. The van der Waals surface area contributed by atoms with Crippen molar-refractivity contribution in [3.05, 3.63) is 0 Å². The normalized spacial score (nSPS) is 21.6. The Labute approximate surface area is 113 Å². The van der Waals surface area contributed by atoms with Gasteiger partial charge < -0.3 is 0 Å². The summed E-state index contributed by atoms with van der Waals surface area (Å²) >= 11 is 3.48. The number of nitrogens with zero attached hydrogens (tertiary/aromatic N) is 1. The minimum Gasteiger partial charge on any atom is -0.201 e. The summed E-state index contributed by atoms with van der Waals surface area (Å²) in [4.78, 5) is 0.228. The van der Waals surface area contributed by atoms with Crippen LogP contribution in [0.5, 0.6) is 0 Å². The van der Waals surface area contributed by atoms with Crippen molar-refractivity contribution in [1.29, 1.82) is 0 Å². The van der Waals surface area contributed by atoms with Crippen LogP contribution in [0.1, 0.15) is 39.5 Å². The minimum absolute atomic E-state index is 0.228. The summed E-state index contributed by atoms with van der Waals surface area (Å²) in [6.45, 7) is 6.04. The monoisotopic (exact) mass is 326 g/mol. The van der Waals surface area contributed by atoms with Crippen LogP contribution in [0.3, 0.4) is 0 Å². The van der Waals surface area contributed by atoms with Gasteiger partial charge in [-0.15, -0.1) is 0 Å². The van der Waals surface area contributed by atoms with Crippen LogP contribution in [-0.2, 0) is 10.2 Å². The first kappa shape index (κ1) is 15.4. The van der Waals surface area contributed by atoms with Crippen molar-refractivity contribution in [2.75, 3.05) is 19.6 Å². The molecule has 4 nitrogen and oxygen atoms in total.